The fourth-order valence-corrected chi connectivity index (χ4v) is 6.85. The van der Waals surface area contributed by atoms with Crippen LogP contribution < -0.4 is 0 Å². The molecule has 2 fully saturated rings. The highest BCUT2D eigenvalue weighted by Gasteiger charge is 2.38. The van der Waals surface area contributed by atoms with Gasteiger partial charge in [-0.2, -0.15) is 0 Å². The Morgan fingerprint density at radius 1 is 0.947 bits per heavy atom. The Hall–Kier alpha value is -2.99. The molecule has 1 aliphatic heterocycles. The molecule has 1 aromatic heterocycles. The minimum Gasteiger partial charge on any atom is -0.342 e. The van der Waals surface area contributed by atoms with Crippen LogP contribution in [-0.4, -0.2) is 26.6 Å². The van der Waals surface area contributed by atoms with Gasteiger partial charge < -0.3 is 4.57 Å². The van der Waals surface area contributed by atoms with Gasteiger partial charge in [0, 0.05) is 45.3 Å². The van der Waals surface area contributed by atoms with Crippen molar-refractivity contribution in [1.29, 1.82) is 0 Å². The molecule has 38 heavy (non-hydrogen) atoms. The van der Waals surface area contributed by atoms with E-state index in [1.165, 1.54) is 18.2 Å². The summed E-state index contributed by atoms with van der Waals surface area (Å²) >= 11 is 14.1. The number of nitrogens with zero attached hydrogens (tertiary/aromatic N) is 3. The van der Waals surface area contributed by atoms with Crippen LogP contribution in [-0.2, 0) is 11.3 Å². The lowest BCUT2D eigenvalue weighted by atomic mass is 9.94. The van der Waals surface area contributed by atoms with E-state index in [0.717, 1.165) is 58.6 Å². The largest absolute Gasteiger partial charge is 0.342 e. The van der Waals surface area contributed by atoms with Gasteiger partial charge in [0.05, 0.1) is 10.6 Å². The number of rotatable bonds is 5. The molecule has 0 radical (unpaired) electrons. The third kappa shape index (κ3) is 5.15. The molecule has 0 unspecified atom stereocenters. The highest BCUT2D eigenvalue weighted by atomic mass is 35.5. The third-order valence-corrected chi connectivity index (χ3v) is 8.79. The molecule has 0 bridgehead atoms. The summed E-state index contributed by atoms with van der Waals surface area (Å²) in [7, 11) is 0. The maximum absolute atomic E-state index is 13.8. The Morgan fingerprint density at radius 2 is 1.71 bits per heavy atom. The van der Waals surface area contributed by atoms with E-state index in [9.17, 15) is 4.79 Å². The number of carbonyl (C=O) groups excluding carboxylic acids is 1. The molecular formula is C31H27Cl2N3OS. The van der Waals surface area contributed by atoms with Crippen LogP contribution in [0.5, 0.6) is 0 Å². The topological polar surface area (TPSA) is 37.6 Å². The standard InChI is InChI=1S/C31H27Cl2N3OS/c32-23-16-15-21(27(33)18-23)19-35-20-22(26-13-7-8-14-28(26)35)17-29-30(37)36(25-11-5-2-6-12-25)31(38-29)34-24-9-3-1-4-10-24/h1,3-4,7-10,13-18,20,25H,2,5-6,11-12,19H2/b29-17+,34-31?. The molecule has 3 aromatic carbocycles. The maximum atomic E-state index is 13.8. The number of aromatic nitrogens is 1. The van der Waals surface area contributed by atoms with Crippen LogP contribution in [0.4, 0.5) is 5.69 Å². The first-order chi connectivity index (χ1) is 18.6. The molecule has 6 rings (SSSR count). The second-order valence-electron chi connectivity index (χ2n) is 9.77. The fraction of sp³-hybridized carbons (Fsp3) is 0.226. The van der Waals surface area contributed by atoms with Gasteiger partial charge in [0.2, 0.25) is 0 Å². The number of hydrogen-bond donors (Lipinski definition) is 0. The summed E-state index contributed by atoms with van der Waals surface area (Å²) in [6, 6.07) is 23.9. The van der Waals surface area contributed by atoms with Gasteiger partial charge in [0.1, 0.15) is 0 Å². The Kier molecular flexibility index (Phi) is 7.33. The summed E-state index contributed by atoms with van der Waals surface area (Å²) in [6.07, 6.45) is 9.71. The quantitative estimate of drug-likeness (QED) is 0.229. The van der Waals surface area contributed by atoms with E-state index in [-0.39, 0.29) is 11.9 Å². The Balaban J connectivity index is 1.38. The highest BCUT2D eigenvalue weighted by Crippen LogP contribution is 2.39. The first-order valence-electron chi connectivity index (χ1n) is 13.0. The smallest absolute Gasteiger partial charge is 0.267 e. The molecule has 1 saturated carbocycles. The van der Waals surface area contributed by atoms with Gasteiger partial charge in [-0.25, -0.2) is 4.99 Å². The van der Waals surface area contributed by atoms with Crippen molar-refractivity contribution in [2.75, 3.05) is 0 Å². The van der Waals surface area contributed by atoms with Gasteiger partial charge >= 0.3 is 0 Å². The van der Waals surface area contributed by atoms with E-state index >= 15 is 0 Å². The molecule has 0 spiro atoms. The number of para-hydroxylation sites is 2. The van der Waals surface area contributed by atoms with Crippen LogP contribution in [0.2, 0.25) is 10.0 Å². The van der Waals surface area contributed by atoms with Gasteiger partial charge in [0.25, 0.3) is 5.91 Å². The van der Waals surface area contributed by atoms with Gasteiger partial charge in [-0.1, -0.05) is 84.9 Å². The predicted octanol–water partition coefficient (Wildman–Crippen LogP) is 8.93. The molecule has 192 valence electrons. The molecule has 2 heterocycles. The van der Waals surface area contributed by atoms with Crippen LogP contribution in [0.25, 0.3) is 17.0 Å². The predicted molar refractivity (Wildman–Crippen MR) is 160 cm³/mol. The van der Waals surface area contributed by atoms with Gasteiger partial charge in [-0.15, -0.1) is 0 Å². The second kappa shape index (κ2) is 11.0. The molecule has 1 amide bonds. The summed E-state index contributed by atoms with van der Waals surface area (Å²) in [5.74, 6) is 0.0501. The zero-order chi connectivity index (χ0) is 26.1. The number of amides is 1. The van der Waals surface area contributed by atoms with Crippen LogP contribution in [0, 0.1) is 0 Å². The van der Waals surface area contributed by atoms with Crippen molar-refractivity contribution in [3.63, 3.8) is 0 Å². The van der Waals surface area contributed by atoms with Crippen LogP contribution in [0.3, 0.4) is 0 Å². The number of fused-ring (bicyclic) bond motifs is 1. The van der Waals surface area contributed by atoms with Crippen molar-refractivity contribution in [3.8, 4) is 0 Å². The van der Waals surface area contributed by atoms with E-state index in [0.29, 0.717) is 21.5 Å². The lowest BCUT2D eigenvalue weighted by Gasteiger charge is -2.30. The van der Waals surface area contributed by atoms with Gasteiger partial charge in [-0.3, -0.25) is 9.69 Å². The summed E-state index contributed by atoms with van der Waals surface area (Å²) in [4.78, 5) is 21.4. The SMILES string of the molecule is O=C1/C(=C\c2cn(Cc3ccc(Cl)cc3Cl)c3ccccc23)SC(=Nc2ccccc2)N1C1CCCCC1. The third-order valence-electron chi connectivity index (χ3n) is 7.22. The van der Waals surface area contributed by atoms with E-state index in [4.69, 9.17) is 28.2 Å². The van der Waals surface area contributed by atoms with Crippen LogP contribution in [0.1, 0.15) is 43.2 Å². The number of aliphatic imine (C=N–C) groups is 1. The summed E-state index contributed by atoms with van der Waals surface area (Å²) in [6.45, 7) is 0.607. The Morgan fingerprint density at radius 3 is 2.50 bits per heavy atom. The van der Waals surface area contributed by atoms with E-state index in [2.05, 4.69) is 22.9 Å². The molecule has 1 aliphatic carbocycles. The fourth-order valence-electron chi connectivity index (χ4n) is 5.33. The number of amidine groups is 1. The van der Waals surface area contributed by atoms with Crippen molar-refractivity contribution in [3.05, 3.63) is 105 Å². The summed E-state index contributed by atoms with van der Waals surface area (Å²) in [5, 5.41) is 3.13. The Bertz CT molecular complexity index is 1550. The molecule has 7 heteroatoms. The molecule has 2 aliphatic rings. The number of halogens is 2. The average molecular weight is 561 g/mol. The van der Waals surface area contributed by atoms with Gasteiger partial charge in [-0.05, 0) is 66.6 Å². The number of hydrogen-bond acceptors (Lipinski definition) is 3. The molecule has 4 aromatic rings. The molecule has 0 N–H and O–H groups in total. The van der Waals surface area contributed by atoms with E-state index in [1.54, 1.807) is 6.07 Å². The zero-order valence-electron chi connectivity index (χ0n) is 20.8. The monoisotopic (exact) mass is 559 g/mol. The first-order valence-corrected chi connectivity index (χ1v) is 14.5. The number of carbonyl (C=O) groups is 1. The lowest BCUT2D eigenvalue weighted by molar-refractivity contribution is -0.124. The minimum atomic E-state index is 0.0501. The molecule has 4 nitrogen and oxygen atoms in total. The lowest BCUT2D eigenvalue weighted by Crippen LogP contribution is -2.40. The van der Waals surface area contributed by atoms with Crippen molar-refractivity contribution < 1.29 is 4.79 Å². The average Bonchev–Trinajstić information content (AvgIpc) is 3.43. The molecule has 0 atom stereocenters. The molecular weight excluding hydrogens is 533 g/mol. The first kappa shape index (κ1) is 25.3. The molecule has 1 saturated heterocycles. The van der Waals surface area contributed by atoms with Crippen molar-refractivity contribution in [2.45, 2.75) is 44.7 Å². The zero-order valence-corrected chi connectivity index (χ0v) is 23.1. The van der Waals surface area contributed by atoms with E-state index < -0.39 is 0 Å². The normalized spacial score (nSPS) is 18.8. The highest BCUT2D eigenvalue weighted by molar-refractivity contribution is 8.18. The van der Waals surface area contributed by atoms with Crippen molar-refractivity contribution >= 4 is 68.7 Å². The van der Waals surface area contributed by atoms with Crippen molar-refractivity contribution in [1.82, 2.24) is 9.47 Å². The van der Waals surface area contributed by atoms with Crippen LogP contribution >= 0.6 is 35.0 Å². The van der Waals surface area contributed by atoms with Crippen LogP contribution in [0.15, 0.2) is 88.9 Å². The summed E-state index contributed by atoms with van der Waals surface area (Å²) in [5.41, 5.74) is 3.94. The number of benzene rings is 3. The number of thioether (sulfide) groups is 1. The second-order valence-corrected chi connectivity index (χ2v) is 11.6. The van der Waals surface area contributed by atoms with Crippen molar-refractivity contribution in [2.24, 2.45) is 4.99 Å². The minimum absolute atomic E-state index is 0.0501. The van der Waals surface area contributed by atoms with Gasteiger partial charge in [0.15, 0.2) is 5.17 Å². The Labute approximate surface area is 237 Å². The maximum Gasteiger partial charge on any atom is 0.267 e. The summed E-state index contributed by atoms with van der Waals surface area (Å²) < 4.78 is 2.18. The van der Waals surface area contributed by atoms with E-state index in [1.807, 2.05) is 65.6 Å².